The first-order valence-electron chi connectivity index (χ1n) is 6.15. The highest BCUT2D eigenvalue weighted by atomic mass is 19.1. The summed E-state index contributed by atoms with van der Waals surface area (Å²) in [5.74, 6) is 0.258. The standard InChI is InChI=1S/C16H15FO2/c1-3-19-14-6-4-5-13(9-14)15-10-12(11(2)18)7-8-16(15)17/h4-10H,3H2,1-2H3. The highest BCUT2D eigenvalue weighted by Crippen LogP contribution is 2.27. The molecule has 0 amide bonds. The number of hydrogen-bond acceptors (Lipinski definition) is 2. The first kappa shape index (κ1) is 13.3. The summed E-state index contributed by atoms with van der Waals surface area (Å²) >= 11 is 0. The molecule has 98 valence electrons. The van der Waals surface area contributed by atoms with Gasteiger partial charge in [-0.3, -0.25) is 4.79 Å². The minimum absolute atomic E-state index is 0.0813. The summed E-state index contributed by atoms with van der Waals surface area (Å²) in [6, 6.07) is 11.6. The van der Waals surface area contributed by atoms with Gasteiger partial charge in [0, 0.05) is 11.1 Å². The van der Waals surface area contributed by atoms with Gasteiger partial charge in [-0.05, 0) is 49.7 Å². The van der Waals surface area contributed by atoms with E-state index in [0.717, 1.165) is 0 Å². The molecule has 0 atom stereocenters. The van der Waals surface area contributed by atoms with Crippen LogP contribution < -0.4 is 4.74 Å². The number of carbonyl (C=O) groups is 1. The molecule has 19 heavy (non-hydrogen) atoms. The second-order valence-electron chi connectivity index (χ2n) is 4.21. The maximum atomic E-state index is 13.9. The molecule has 0 aliphatic heterocycles. The molecule has 0 heterocycles. The molecule has 0 aromatic heterocycles. The highest BCUT2D eigenvalue weighted by molar-refractivity contribution is 5.95. The number of ketones is 1. The predicted octanol–water partition coefficient (Wildman–Crippen LogP) is 4.09. The van der Waals surface area contributed by atoms with Gasteiger partial charge in [-0.15, -0.1) is 0 Å². The average Bonchev–Trinajstić information content (AvgIpc) is 2.39. The first-order valence-corrected chi connectivity index (χ1v) is 6.15. The zero-order valence-electron chi connectivity index (χ0n) is 10.9. The Morgan fingerprint density at radius 2 is 2.00 bits per heavy atom. The van der Waals surface area contributed by atoms with E-state index in [-0.39, 0.29) is 11.6 Å². The van der Waals surface area contributed by atoms with E-state index >= 15 is 0 Å². The van der Waals surface area contributed by atoms with Crippen molar-refractivity contribution in [1.29, 1.82) is 0 Å². The van der Waals surface area contributed by atoms with E-state index < -0.39 is 0 Å². The van der Waals surface area contributed by atoms with Crippen LogP contribution in [-0.2, 0) is 0 Å². The Labute approximate surface area is 111 Å². The fourth-order valence-corrected chi connectivity index (χ4v) is 1.89. The van der Waals surface area contributed by atoms with Gasteiger partial charge in [0.1, 0.15) is 11.6 Å². The van der Waals surface area contributed by atoms with Gasteiger partial charge in [0.2, 0.25) is 0 Å². The van der Waals surface area contributed by atoms with E-state index in [4.69, 9.17) is 4.74 Å². The molecule has 0 bridgehead atoms. The lowest BCUT2D eigenvalue weighted by molar-refractivity contribution is 0.101. The first-order chi connectivity index (χ1) is 9.11. The molecule has 3 heteroatoms. The van der Waals surface area contributed by atoms with Gasteiger partial charge in [0.05, 0.1) is 6.61 Å². The van der Waals surface area contributed by atoms with Crippen molar-refractivity contribution < 1.29 is 13.9 Å². The molecule has 0 radical (unpaired) electrons. The van der Waals surface area contributed by atoms with Crippen LogP contribution in [0.4, 0.5) is 4.39 Å². The largest absolute Gasteiger partial charge is 0.494 e. The van der Waals surface area contributed by atoms with E-state index in [1.165, 1.54) is 19.1 Å². The smallest absolute Gasteiger partial charge is 0.159 e. The Bertz CT molecular complexity index is 605. The fraction of sp³-hybridized carbons (Fsp3) is 0.188. The quantitative estimate of drug-likeness (QED) is 0.772. The minimum Gasteiger partial charge on any atom is -0.494 e. The second kappa shape index (κ2) is 5.65. The monoisotopic (exact) mass is 258 g/mol. The topological polar surface area (TPSA) is 26.3 Å². The molecule has 0 fully saturated rings. The summed E-state index contributed by atoms with van der Waals surface area (Å²) in [4.78, 5) is 11.4. The van der Waals surface area contributed by atoms with E-state index in [1.54, 1.807) is 24.3 Å². The molecule has 0 aliphatic rings. The highest BCUT2D eigenvalue weighted by Gasteiger charge is 2.09. The molecule has 0 spiro atoms. The predicted molar refractivity (Wildman–Crippen MR) is 73.0 cm³/mol. The molecule has 2 rings (SSSR count). The number of carbonyl (C=O) groups excluding carboxylic acids is 1. The molecule has 2 nitrogen and oxygen atoms in total. The molecular weight excluding hydrogens is 243 g/mol. The molecular formula is C16H15FO2. The van der Waals surface area contributed by atoms with Crippen molar-refractivity contribution in [1.82, 2.24) is 0 Å². The maximum absolute atomic E-state index is 13.9. The van der Waals surface area contributed by atoms with Gasteiger partial charge < -0.3 is 4.74 Å². The zero-order valence-corrected chi connectivity index (χ0v) is 10.9. The van der Waals surface area contributed by atoms with Gasteiger partial charge in [-0.2, -0.15) is 0 Å². The summed E-state index contributed by atoms with van der Waals surface area (Å²) in [5, 5.41) is 0. The van der Waals surface area contributed by atoms with Gasteiger partial charge in [-0.25, -0.2) is 4.39 Å². The van der Waals surface area contributed by atoms with Gasteiger partial charge in [-0.1, -0.05) is 12.1 Å². The lowest BCUT2D eigenvalue weighted by Gasteiger charge is -2.08. The summed E-state index contributed by atoms with van der Waals surface area (Å²) < 4.78 is 19.3. The third-order valence-corrected chi connectivity index (χ3v) is 2.83. The average molecular weight is 258 g/mol. The van der Waals surface area contributed by atoms with Crippen LogP contribution in [0.5, 0.6) is 5.75 Å². The van der Waals surface area contributed by atoms with Crippen LogP contribution in [-0.4, -0.2) is 12.4 Å². The van der Waals surface area contributed by atoms with Crippen LogP contribution in [0.2, 0.25) is 0 Å². The van der Waals surface area contributed by atoms with Crippen molar-refractivity contribution in [2.75, 3.05) is 6.61 Å². The molecule has 0 unspecified atom stereocenters. The summed E-state index contributed by atoms with van der Waals surface area (Å²) in [5.41, 5.74) is 1.61. The van der Waals surface area contributed by atoms with Crippen LogP contribution in [0.3, 0.4) is 0 Å². The van der Waals surface area contributed by atoms with Crippen molar-refractivity contribution in [3.05, 3.63) is 53.8 Å². The molecule has 2 aromatic carbocycles. The Hall–Kier alpha value is -2.16. The maximum Gasteiger partial charge on any atom is 0.159 e. The van der Waals surface area contributed by atoms with Crippen molar-refractivity contribution in [2.45, 2.75) is 13.8 Å². The van der Waals surface area contributed by atoms with Crippen LogP contribution in [0.25, 0.3) is 11.1 Å². The Morgan fingerprint density at radius 3 is 2.68 bits per heavy atom. The number of Topliss-reactive ketones (excluding diaryl/α,β-unsaturated/α-hetero) is 1. The number of hydrogen-bond donors (Lipinski definition) is 0. The zero-order chi connectivity index (χ0) is 13.8. The van der Waals surface area contributed by atoms with Gasteiger partial charge in [0.15, 0.2) is 5.78 Å². The Kier molecular flexibility index (Phi) is 3.95. The van der Waals surface area contributed by atoms with Crippen LogP contribution in [0.1, 0.15) is 24.2 Å². The minimum atomic E-state index is -0.348. The number of halogens is 1. The molecule has 0 N–H and O–H groups in total. The number of rotatable bonds is 4. The van der Waals surface area contributed by atoms with Crippen LogP contribution >= 0.6 is 0 Å². The number of ether oxygens (including phenoxy) is 1. The molecule has 0 saturated heterocycles. The fourth-order valence-electron chi connectivity index (χ4n) is 1.89. The Morgan fingerprint density at radius 1 is 1.21 bits per heavy atom. The normalized spacial score (nSPS) is 10.3. The van der Waals surface area contributed by atoms with E-state index in [2.05, 4.69) is 0 Å². The molecule has 0 aliphatic carbocycles. The summed E-state index contributed by atoms with van der Waals surface area (Å²) in [7, 11) is 0. The summed E-state index contributed by atoms with van der Waals surface area (Å²) in [6.45, 7) is 3.91. The van der Waals surface area contributed by atoms with Gasteiger partial charge in [0.25, 0.3) is 0 Å². The third-order valence-electron chi connectivity index (χ3n) is 2.83. The van der Waals surface area contributed by atoms with E-state index in [0.29, 0.717) is 29.0 Å². The summed E-state index contributed by atoms with van der Waals surface area (Å²) in [6.07, 6.45) is 0. The van der Waals surface area contributed by atoms with Crippen molar-refractivity contribution in [3.63, 3.8) is 0 Å². The molecule has 2 aromatic rings. The van der Waals surface area contributed by atoms with Crippen LogP contribution in [0, 0.1) is 5.82 Å². The van der Waals surface area contributed by atoms with Gasteiger partial charge >= 0.3 is 0 Å². The van der Waals surface area contributed by atoms with Crippen molar-refractivity contribution in [3.8, 4) is 16.9 Å². The third kappa shape index (κ3) is 2.99. The lowest BCUT2D eigenvalue weighted by atomic mass is 10.0. The van der Waals surface area contributed by atoms with Crippen molar-refractivity contribution >= 4 is 5.78 Å². The SMILES string of the molecule is CCOc1cccc(-c2cc(C(C)=O)ccc2F)c1. The van der Waals surface area contributed by atoms with Crippen LogP contribution in [0.15, 0.2) is 42.5 Å². The van der Waals surface area contributed by atoms with E-state index in [9.17, 15) is 9.18 Å². The number of benzene rings is 2. The Balaban J connectivity index is 2.48. The molecule has 0 saturated carbocycles. The second-order valence-corrected chi connectivity index (χ2v) is 4.21. The van der Waals surface area contributed by atoms with Crippen molar-refractivity contribution in [2.24, 2.45) is 0 Å². The lowest BCUT2D eigenvalue weighted by Crippen LogP contribution is -1.95. The van der Waals surface area contributed by atoms with E-state index in [1.807, 2.05) is 13.0 Å².